The van der Waals surface area contributed by atoms with Crippen molar-refractivity contribution in [1.29, 1.82) is 0 Å². The Balaban J connectivity index is 0.000000161. The number of nitrogen functional groups attached to an aromatic ring is 2. The Hall–Kier alpha value is -4.06. The minimum Gasteiger partial charge on any atom is -0.478 e. The minimum atomic E-state index is -0.992. The van der Waals surface area contributed by atoms with Gasteiger partial charge in [-0.15, -0.1) is 0 Å². The lowest BCUT2D eigenvalue weighted by Crippen LogP contribution is -2.02. The number of rotatable bonds is 2. The summed E-state index contributed by atoms with van der Waals surface area (Å²) in [4.78, 5) is 21.6. The number of fused-ring (bicyclic) bond motifs is 2. The van der Waals surface area contributed by atoms with Crippen molar-refractivity contribution in [3.63, 3.8) is 0 Å². The standard InChI is InChI=1S/2C11H9NO2/c12-10-6-8-4-2-1-3-7(8)5-9(10)11(13)14;12-10-8-4-2-1-3-7(8)5-6-9(10)11(13)14/h2*1-6H,12H2,(H,13,14). The Morgan fingerprint density at radius 1 is 0.643 bits per heavy atom. The molecular weight excluding hydrogens is 356 g/mol. The molecule has 0 atom stereocenters. The highest BCUT2D eigenvalue weighted by Gasteiger charge is 2.10. The molecule has 0 spiro atoms. The van der Waals surface area contributed by atoms with Crippen molar-refractivity contribution in [2.45, 2.75) is 0 Å². The molecule has 0 aliphatic rings. The summed E-state index contributed by atoms with van der Waals surface area (Å²) in [6.07, 6.45) is 0. The van der Waals surface area contributed by atoms with Crippen LogP contribution in [0.3, 0.4) is 0 Å². The number of hydrogen-bond acceptors (Lipinski definition) is 4. The smallest absolute Gasteiger partial charge is 0.337 e. The number of carbonyl (C=O) groups is 2. The summed E-state index contributed by atoms with van der Waals surface area (Å²) >= 11 is 0. The van der Waals surface area contributed by atoms with E-state index in [1.54, 1.807) is 18.2 Å². The molecule has 140 valence electrons. The lowest BCUT2D eigenvalue weighted by atomic mass is 10.0. The molecule has 0 unspecified atom stereocenters. The lowest BCUT2D eigenvalue weighted by Gasteiger charge is -2.04. The molecule has 0 saturated carbocycles. The van der Waals surface area contributed by atoms with Gasteiger partial charge in [-0.1, -0.05) is 54.6 Å². The average molecular weight is 374 g/mol. The normalized spacial score (nSPS) is 10.3. The number of benzene rings is 4. The molecule has 4 aromatic rings. The maximum absolute atomic E-state index is 10.8. The summed E-state index contributed by atoms with van der Waals surface area (Å²) in [6, 6.07) is 21.5. The quantitative estimate of drug-likeness (QED) is 0.389. The SMILES string of the molecule is Nc1c(C(=O)O)ccc2ccccc12.Nc1cc2ccccc2cc1C(=O)O. The van der Waals surface area contributed by atoms with E-state index in [4.69, 9.17) is 21.7 Å². The van der Waals surface area contributed by atoms with E-state index >= 15 is 0 Å². The van der Waals surface area contributed by atoms with Gasteiger partial charge >= 0.3 is 11.9 Å². The number of hydrogen-bond donors (Lipinski definition) is 4. The van der Waals surface area contributed by atoms with Gasteiger partial charge in [-0.2, -0.15) is 0 Å². The molecule has 6 heteroatoms. The zero-order valence-corrected chi connectivity index (χ0v) is 14.8. The number of aromatic carboxylic acids is 2. The van der Waals surface area contributed by atoms with Gasteiger partial charge in [0, 0.05) is 11.1 Å². The van der Waals surface area contributed by atoms with Crippen LogP contribution in [0.1, 0.15) is 20.7 Å². The molecule has 0 aliphatic heterocycles. The maximum Gasteiger partial charge on any atom is 0.337 e. The second-order valence-electron chi connectivity index (χ2n) is 6.14. The maximum atomic E-state index is 10.8. The Bertz CT molecular complexity index is 1180. The fraction of sp³-hybridized carbons (Fsp3) is 0. The molecule has 0 fully saturated rings. The molecule has 6 nitrogen and oxygen atoms in total. The Morgan fingerprint density at radius 3 is 1.79 bits per heavy atom. The Kier molecular flexibility index (Phi) is 5.13. The highest BCUT2D eigenvalue weighted by molar-refractivity contribution is 6.04. The highest BCUT2D eigenvalue weighted by atomic mass is 16.4. The molecule has 4 aromatic carbocycles. The summed E-state index contributed by atoms with van der Waals surface area (Å²) < 4.78 is 0. The van der Waals surface area contributed by atoms with E-state index in [1.807, 2.05) is 48.5 Å². The summed E-state index contributed by atoms with van der Waals surface area (Å²) in [5, 5.41) is 21.3. The summed E-state index contributed by atoms with van der Waals surface area (Å²) in [6.45, 7) is 0. The van der Waals surface area contributed by atoms with Crippen LogP contribution in [0.25, 0.3) is 21.5 Å². The second kappa shape index (κ2) is 7.67. The molecule has 0 heterocycles. The van der Waals surface area contributed by atoms with Crippen LogP contribution in [-0.2, 0) is 0 Å². The van der Waals surface area contributed by atoms with Crippen molar-refractivity contribution in [2.24, 2.45) is 0 Å². The average Bonchev–Trinajstić information content (AvgIpc) is 2.68. The first-order chi connectivity index (χ1) is 13.4. The summed E-state index contributed by atoms with van der Waals surface area (Å²) in [5.41, 5.74) is 12.3. The van der Waals surface area contributed by atoms with Gasteiger partial charge in [-0.05, 0) is 34.4 Å². The number of anilines is 2. The van der Waals surface area contributed by atoms with E-state index in [1.165, 1.54) is 6.07 Å². The van der Waals surface area contributed by atoms with Crippen LogP contribution in [0.5, 0.6) is 0 Å². The predicted octanol–water partition coefficient (Wildman–Crippen LogP) is 4.24. The topological polar surface area (TPSA) is 127 Å². The zero-order valence-electron chi connectivity index (χ0n) is 14.8. The Labute approximate surface area is 160 Å². The van der Waals surface area contributed by atoms with E-state index < -0.39 is 11.9 Å². The van der Waals surface area contributed by atoms with Crippen LogP contribution in [0.4, 0.5) is 11.4 Å². The third kappa shape index (κ3) is 3.71. The second-order valence-corrected chi connectivity index (χ2v) is 6.14. The van der Waals surface area contributed by atoms with Gasteiger partial charge in [-0.25, -0.2) is 9.59 Å². The van der Waals surface area contributed by atoms with Crippen molar-refractivity contribution in [3.05, 3.63) is 83.9 Å². The van der Waals surface area contributed by atoms with Crippen LogP contribution in [0.15, 0.2) is 72.8 Å². The number of nitrogens with two attached hydrogens (primary N) is 2. The monoisotopic (exact) mass is 374 g/mol. The van der Waals surface area contributed by atoms with Crippen LogP contribution in [0, 0.1) is 0 Å². The molecule has 6 N–H and O–H groups in total. The van der Waals surface area contributed by atoms with Gasteiger partial charge in [0.15, 0.2) is 0 Å². The first-order valence-corrected chi connectivity index (χ1v) is 8.40. The Morgan fingerprint density at radius 2 is 1.18 bits per heavy atom. The predicted molar refractivity (Wildman–Crippen MR) is 111 cm³/mol. The van der Waals surface area contributed by atoms with Gasteiger partial charge < -0.3 is 21.7 Å². The minimum absolute atomic E-state index is 0.156. The first-order valence-electron chi connectivity index (χ1n) is 8.40. The van der Waals surface area contributed by atoms with Crippen LogP contribution < -0.4 is 11.5 Å². The van der Waals surface area contributed by atoms with Gasteiger partial charge in [0.25, 0.3) is 0 Å². The first kappa shape index (κ1) is 18.7. The molecule has 28 heavy (non-hydrogen) atoms. The molecule has 0 saturated heterocycles. The molecule has 0 aliphatic carbocycles. The lowest BCUT2D eigenvalue weighted by molar-refractivity contribution is 0.0687. The third-order valence-corrected chi connectivity index (χ3v) is 4.35. The van der Waals surface area contributed by atoms with E-state index in [-0.39, 0.29) is 11.1 Å². The van der Waals surface area contributed by atoms with E-state index in [0.717, 1.165) is 21.5 Å². The van der Waals surface area contributed by atoms with E-state index in [0.29, 0.717) is 11.4 Å². The summed E-state index contributed by atoms with van der Waals surface area (Å²) in [5.74, 6) is -1.98. The molecule has 0 bridgehead atoms. The van der Waals surface area contributed by atoms with Crippen LogP contribution in [-0.4, -0.2) is 22.2 Å². The molecular formula is C22H18N2O4. The van der Waals surface area contributed by atoms with Crippen molar-refractivity contribution in [1.82, 2.24) is 0 Å². The van der Waals surface area contributed by atoms with Gasteiger partial charge in [0.05, 0.1) is 16.8 Å². The van der Waals surface area contributed by atoms with Crippen molar-refractivity contribution in [2.75, 3.05) is 11.5 Å². The molecule has 4 rings (SSSR count). The van der Waals surface area contributed by atoms with Gasteiger partial charge in [-0.3, -0.25) is 0 Å². The van der Waals surface area contributed by atoms with Gasteiger partial charge in [0.1, 0.15) is 0 Å². The van der Waals surface area contributed by atoms with E-state index in [9.17, 15) is 9.59 Å². The van der Waals surface area contributed by atoms with Crippen molar-refractivity contribution in [3.8, 4) is 0 Å². The van der Waals surface area contributed by atoms with Crippen molar-refractivity contribution < 1.29 is 19.8 Å². The van der Waals surface area contributed by atoms with Crippen LogP contribution in [0.2, 0.25) is 0 Å². The molecule has 0 radical (unpaired) electrons. The fourth-order valence-corrected chi connectivity index (χ4v) is 2.93. The number of carboxylic acids is 2. The van der Waals surface area contributed by atoms with Crippen LogP contribution >= 0.6 is 0 Å². The largest absolute Gasteiger partial charge is 0.478 e. The number of carboxylic acid groups (broad SMARTS) is 2. The summed E-state index contributed by atoms with van der Waals surface area (Å²) in [7, 11) is 0. The van der Waals surface area contributed by atoms with E-state index in [2.05, 4.69) is 0 Å². The molecule has 0 amide bonds. The fourth-order valence-electron chi connectivity index (χ4n) is 2.93. The highest BCUT2D eigenvalue weighted by Crippen LogP contribution is 2.24. The molecule has 0 aromatic heterocycles. The third-order valence-electron chi connectivity index (χ3n) is 4.35. The van der Waals surface area contributed by atoms with Gasteiger partial charge in [0.2, 0.25) is 0 Å². The van der Waals surface area contributed by atoms with Crippen molar-refractivity contribution >= 4 is 44.9 Å². The zero-order chi connectivity index (χ0) is 20.3.